The van der Waals surface area contributed by atoms with Crippen LogP contribution in [-0.4, -0.2) is 19.5 Å². The van der Waals surface area contributed by atoms with Crippen LogP contribution in [0, 0.1) is 23.7 Å². The average Bonchev–Trinajstić information content (AvgIpc) is 2.61. The maximum atomic E-state index is 12.2. The van der Waals surface area contributed by atoms with Crippen molar-refractivity contribution in [2.75, 3.05) is 13.2 Å². The minimum absolute atomic E-state index is 0.0516. The monoisotopic (exact) mass is 328 g/mol. The molecule has 0 unspecified atom stereocenters. The van der Waals surface area contributed by atoms with E-state index in [0.717, 1.165) is 50.9 Å². The van der Waals surface area contributed by atoms with E-state index in [1.165, 1.54) is 32.1 Å². The van der Waals surface area contributed by atoms with Crippen molar-refractivity contribution in [3.8, 4) is 0 Å². The van der Waals surface area contributed by atoms with Crippen molar-refractivity contribution in [1.82, 2.24) is 0 Å². The summed E-state index contributed by atoms with van der Waals surface area (Å²) in [4.78, 5) is 0. The van der Waals surface area contributed by atoms with E-state index in [0.29, 0.717) is 24.2 Å². The lowest BCUT2D eigenvalue weighted by molar-refractivity contribution is -0.236. The molecular weight excluding hydrogens is 298 g/mol. The Morgan fingerprint density at radius 3 is 2.04 bits per heavy atom. The minimum Gasteiger partial charge on any atom is -0.352 e. The van der Waals surface area contributed by atoms with Gasteiger partial charge in [-0.05, 0) is 50.0 Å². The van der Waals surface area contributed by atoms with Crippen LogP contribution in [0.2, 0.25) is 0 Å². The Morgan fingerprint density at radius 1 is 0.783 bits per heavy atom. The Bertz CT molecular complexity index is 373. The molecule has 0 aromatic carbocycles. The minimum atomic E-state index is -1.54. The van der Waals surface area contributed by atoms with Gasteiger partial charge in [0.05, 0.1) is 13.2 Å². The first-order valence-corrected chi connectivity index (χ1v) is 9.46. The molecule has 132 valence electrons. The molecule has 0 aromatic rings. The number of ether oxygens (including phenoxy) is 2. The van der Waals surface area contributed by atoms with Crippen molar-refractivity contribution in [1.29, 1.82) is 0 Å². The molecule has 0 radical (unpaired) electrons. The third kappa shape index (κ3) is 4.99. The Morgan fingerprint density at radius 2 is 1.43 bits per heavy atom. The Balaban J connectivity index is 1.38. The lowest BCUT2D eigenvalue weighted by Gasteiger charge is -2.40. The van der Waals surface area contributed by atoms with Crippen LogP contribution >= 0.6 is 0 Å². The fraction of sp³-hybridized carbons (Fsp3) is 0.895. The van der Waals surface area contributed by atoms with Crippen molar-refractivity contribution in [3.05, 3.63) is 12.2 Å². The highest BCUT2D eigenvalue weighted by Crippen LogP contribution is 2.38. The van der Waals surface area contributed by atoms with Crippen LogP contribution in [0.1, 0.15) is 64.2 Å². The van der Waals surface area contributed by atoms with Crippen molar-refractivity contribution >= 4 is 0 Å². The zero-order chi connectivity index (χ0) is 16.1. The molecule has 23 heavy (non-hydrogen) atoms. The Kier molecular flexibility index (Phi) is 6.46. The summed E-state index contributed by atoms with van der Waals surface area (Å²) in [5, 5.41) is 0. The number of hydrogen-bond donors (Lipinski definition) is 0. The number of allylic oxidation sites excluding steroid dienone is 1. The molecule has 0 atom stereocenters. The lowest BCUT2D eigenvalue weighted by Crippen LogP contribution is -2.41. The molecule has 0 spiro atoms. The topological polar surface area (TPSA) is 18.5 Å². The van der Waals surface area contributed by atoms with Gasteiger partial charge in [-0.2, -0.15) is 8.78 Å². The Hall–Kier alpha value is -0.480. The molecule has 0 bridgehead atoms. The highest BCUT2D eigenvalue weighted by molar-refractivity contribution is 4.86. The van der Waals surface area contributed by atoms with Gasteiger partial charge >= 0.3 is 0 Å². The van der Waals surface area contributed by atoms with E-state index in [1.54, 1.807) is 0 Å². The van der Waals surface area contributed by atoms with E-state index in [-0.39, 0.29) is 6.29 Å². The number of rotatable bonds is 4. The maximum absolute atomic E-state index is 12.2. The lowest BCUT2D eigenvalue weighted by atomic mass is 9.79. The SMILES string of the molecule is FC(F)=CCC1CCC(C2OCC(C3CCCCC3)CO2)CC1. The molecule has 1 aliphatic heterocycles. The van der Waals surface area contributed by atoms with Gasteiger partial charge in [0.15, 0.2) is 6.29 Å². The van der Waals surface area contributed by atoms with Gasteiger partial charge in [0.2, 0.25) is 0 Å². The molecule has 2 aliphatic carbocycles. The molecular formula is C19H30F2O2. The first kappa shape index (κ1) is 17.3. The summed E-state index contributed by atoms with van der Waals surface area (Å²) in [6.07, 6.45) is 10.9. The van der Waals surface area contributed by atoms with Crippen LogP contribution in [0.25, 0.3) is 0 Å². The van der Waals surface area contributed by atoms with Crippen LogP contribution in [0.15, 0.2) is 12.2 Å². The molecule has 0 amide bonds. The molecule has 3 rings (SSSR count). The molecule has 3 fully saturated rings. The van der Waals surface area contributed by atoms with Crippen LogP contribution in [0.5, 0.6) is 0 Å². The van der Waals surface area contributed by atoms with E-state index >= 15 is 0 Å². The largest absolute Gasteiger partial charge is 0.352 e. The maximum Gasteiger partial charge on any atom is 0.266 e. The molecule has 1 heterocycles. The van der Waals surface area contributed by atoms with Crippen molar-refractivity contribution in [3.63, 3.8) is 0 Å². The quantitative estimate of drug-likeness (QED) is 0.675. The zero-order valence-corrected chi connectivity index (χ0v) is 14.0. The predicted molar refractivity (Wildman–Crippen MR) is 86.1 cm³/mol. The van der Waals surface area contributed by atoms with E-state index in [9.17, 15) is 8.78 Å². The first-order chi connectivity index (χ1) is 11.2. The van der Waals surface area contributed by atoms with Gasteiger partial charge in [-0.25, -0.2) is 0 Å². The highest BCUT2D eigenvalue weighted by atomic mass is 19.3. The molecule has 4 heteroatoms. The molecule has 0 aromatic heterocycles. The summed E-state index contributed by atoms with van der Waals surface area (Å²) >= 11 is 0. The summed E-state index contributed by atoms with van der Waals surface area (Å²) in [5.41, 5.74) is 0. The third-order valence-electron chi connectivity index (χ3n) is 6.15. The fourth-order valence-corrected chi connectivity index (χ4v) is 4.63. The van der Waals surface area contributed by atoms with E-state index in [2.05, 4.69) is 0 Å². The molecule has 0 N–H and O–H groups in total. The second kappa shape index (κ2) is 8.57. The normalized spacial score (nSPS) is 36.6. The molecule has 2 saturated carbocycles. The van der Waals surface area contributed by atoms with Gasteiger partial charge in [0.25, 0.3) is 6.08 Å². The second-order valence-corrected chi connectivity index (χ2v) is 7.70. The van der Waals surface area contributed by atoms with Crippen molar-refractivity contribution in [2.45, 2.75) is 70.5 Å². The summed E-state index contributed by atoms with van der Waals surface area (Å²) in [7, 11) is 0. The second-order valence-electron chi connectivity index (χ2n) is 7.70. The van der Waals surface area contributed by atoms with E-state index in [1.807, 2.05) is 0 Å². The average molecular weight is 328 g/mol. The van der Waals surface area contributed by atoms with E-state index in [4.69, 9.17) is 9.47 Å². The standard InChI is InChI=1S/C19H30F2O2/c20-18(21)11-8-14-6-9-16(10-7-14)19-22-12-17(13-23-19)15-4-2-1-3-5-15/h11,14-17,19H,1-10,12-13H2. The summed E-state index contributed by atoms with van der Waals surface area (Å²) in [5.74, 6) is 2.24. The predicted octanol–water partition coefficient (Wildman–Crippen LogP) is 5.53. The zero-order valence-electron chi connectivity index (χ0n) is 14.0. The molecule has 1 saturated heterocycles. The summed E-state index contributed by atoms with van der Waals surface area (Å²) in [6.45, 7) is 1.70. The fourth-order valence-electron chi connectivity index (χ4n) is 4.63. The molecule has 2 nitrogen and oxygen atoms in total. The van der Waals surface area contributed by atoms with Gasteiger partial charge in [-0.15, -0.1) is 0 Å². The third-order valence-corrected chi connectivity index (χ3v) is 6.15. The first-order valence-electron chi connectivity index (χ1n) is 9.46. The van der Waals surface area contributed by atoms with Crippen LogP contribution in [-0.2, 0) is 9.47 Å². The van der Waals surface area contributed by atoms with Crippen LogP contribution in [0.4, 0.5) is 8.78 Å². The molecule has 3 aliphatic rings. The van der Waals surface area contributed by atoms with Crippen LogP contribution < -0.4 is 0 Å². The van der Waals surface area contributed by atoms with Gasteiger partial charge in [0.1, 0.15) is 0 Å². The Labute approximate surface area is 138 Å². The van der Waals surface area contributed by atoms with Crippen molar-refractivity contribution in [2.24, 2.45) is 23.7 Å². The van der Waals surface area contributed by atoms with Gasteiger partial charge < -0.3 is 9.47 Å². The van der Waals surface area contributed by atoms with Gasteiger partial charge in [-0.1, -0.05) is 32.1 Å². The van der Waals surface area contributed by atoms with Crippen LogP contribution in [0.3, 0.4) is 0 Å². The summed E-state index contributed by atoms with van der Waals surface area (Å²) in [6, 6.07) is 0. The van der Waals surface area contributed by atoms with Crippen molar-refractivity contribution < 1.29 is 18.3 Å². The smallest absolute Gasteiger partial charge is 0.266 e. The highest BCUT2D eigenvalue weighted by Gasteiger charge is 2.34. The van der Waals surface area contributed by atoms with Gasteiger partial charge in [-0.3, -0.25) is 0 Å². The van der Waals surface area contributed by atoms with Gasteiger partial charge in [0, 0.05) is 11.8 Å². The van der Waals surface area contributed by atoms with E-state index < -0.39 is 6.08 Å². The number of hydrogen-bond acceptors (Lipinski definition) is 2. The number of halogens is 2. The summed E-state index contributed by atoms with van der Waals surface area (Å²) < 4.78 is 36.5.